The van der Waals surface area contributed by atoms with Crippen LogP contribution in [0.5, 0.6) is 0 Å². The minimum Gasteiger partial charge on any atom is -0.440 e. The average Bonchev–Trinajstić information content (AvgIpc) is 2.63. The van der Waals surface area contributed by atoms with Gasteiger partial charge in [-0.25, -0.2) is 0 Å². The molecule has 0 fully saturated rings. The second kappa shape index (κ2) is 15.2. The maximum Gasteiger partial charge on any atom is 0.310 e. The Kier molecular flexibility index (Phi) is 14.9. The highest BCUT2D eigenvalue weighted by atomic mass is 16.6. The lowest BCUT2D eigenvalue weighted by Crippen LogP contribution is -2.63. The van der Waals surface area contributed by atoms with Gasteiger partial charge >= 0.3 is 5.97 Å². The summed E-state index contributed by atoms with van der Waals surface area (Å²) in [6.45, 7) is 11.9. The van der Waals surface area contributed by atoms with Crippen molar-refractivity contribution < 1.29 is 14.6 Å². The van der Waals surface area contributed by atoms with Crippen LogP contribution in [0.4, 0.5) is 0 Å². The summed E-state index contributed by atoms with van der Waals surface area (Å²) in [4.78, 5) is 14.7. The number of nitrogens with zero attached hydrogens (tertiary/aromatic N) is 1. The molecule has 0 spiro atoms. The molecule has 30 heavy (non-hydrogen) atoms. The third-order valence-corrected chi connectivity index (χ3v) is 6.28. The molecular weight excluding hydrogens is 374 g/mol. The zero-order valence-electron chi connectivity index (χ0n) is 21.6. The van der Waals surface area contributed by atoms with Crippen LogP contribution >= 0.6 is 0 Å². The molecule has 0 aromatic carbocycles. The highest BCUT2D eigenvalue weighted by Gasteiger charge is 2.50. The Hall–Kier alpha value is -0.610. The Morgan fingerprint density at radius 3 is 1.67 bits per heavy atom. The summed E-state index contributed by atoms with van der Waals surface area (Å²) in [5, 5.41) is 10.8. The number of unbranched alkanes of at least 4 members (excludes halogenated alkanes) is 10. The number of carbonyl (C=O) groups is 1. The van der Waals surface area contributed by atoms with Crippen molar-refractivity contribution in [1.82, 2.24) is 4.90 Å². The van der Waals surface area contributed by atoms with Crippen LogP contribution in [-0.2, 0) is 9.53 Å². The van der Waals surface area contributed by atoms with Gasteiger partial charge in [-0.05, 0) is 40.3 Å². The molecule has 4 heteroatoms. The molecule has 0 saturated heterocycles. The highest BCUT2D eigenvalue weighted by Crippen LogP contribution is 2.36. The lowest BCUT2D eigenvalue weighted by Gasteiger charge is -2.48. The summed E-state index contributed by atoms with van der Waals surface area (Å²) in [5.41, 5.74) is -2.16. The quantitative estimate of drug-likeness (QED) is 0.146. The van der Waals surface area contributed by atoms with Gasteiger partial charge in [0.05, 0.1) is 5.92 Å². The molecule has 0 amide bonds. The molecule has 0 heterocycles. The lowest BCUT2D eigenvalue weighted by atomic mass is 9.85. The maximum absolute atomic E-state index is 12.8. The Bertz CT molecular complexity index is 442. The number of hydrogen-bond acceptors (Lipinski definition) is 4. The van der Waals surface area contributed by atoms with E-state index >= 15 is 0 Å². The minimum atomic E-state index is -1.15. The summed E-state index contributed by atoms with van der Waals surface area (Å²) in [6, 6.07) is 0. The van der Waals surface area contributed by atoms with E-state index in [1.54, 1.807) is 13.8 Å². The minimum absolute atomic E-state index is 0.141. The third kappa shape index (κ3) is 11.1. The number of carbonyl (C=O) groups excluding carboxylic acids is 1. The number of hydrogen-bond donors (Lipinski definition) is 1. The van der Waals surface area contributed by atoms with Gasteiger partial charge < -0.3 is 9.84 Å². The van der Waals surface area contributed by atoms with Crippen molar-refractivity contribution in [3.63, 3.8) is 0 Å². The van der Waals surface area contributed by atoms with Crippen molar-refractivity contribution in [3.05, 3.63) is 0 Å². The number of aliphatic hydroxyl groups is 1. The second-order valence-electron chi connectivity index (χ2n) is 10.5. The van der Waals surface area contributed by atoms with E-state index in [1.807, 2.05) is 25.9 Å². The lowest BCUT2D eigenvalue weighted by molar-refractivity contribution is -0.241. The number of likely N-dealkylation sites (N-methyl/N-ethyl adjacent to an activating group) is 1. The van der Waals surface area contributed by atoms with Crippen molar-refractivity contribution in [3.8, 4) is 0 Å². The molecule has 0 saturated carbocycles. The molecule has 4 nitrogen and oxygen atoms in total. The fourth-order valence-corrected chi connectivity index (χ4v) is 4.29. The predicted octanol–water partition coefficient (Wildman–Crippen LogP) is 6.94. The van der Waals surface area contributed by atoms with Gasteiger partial charge in [-0.15, -0.1) is 0 Å². The van der Waals surface area contributed by atoms with Crippen molar-refractivity contribution in [2.45, 2.75) is 136 Å². The molecule has 2 atom stereocenters. The first-order valence-electron chi connectivity index (χ1n) is 12.6. The van der Waals surface area contributed by atoms with Crippen LogP contribution in [0.25, 0.3) is 0 Å². The first kappa shape index (κ1) is 29.4. The largest absolute Gasteiger partial charge is 0.440 e. The molecule has 0 bridgehead atoms. The fourth-order valence-electron chi connectivity index (χ4n) is 4.29. The first-order chi connectivity index (χ1) is 14.0. The van der Waals surface area contributed by atoms with Crippen molar-refractivity contribution in [1.29, 1.82) is 0 Å². The van der Waals surface area contributed by atoms with Gasteiger partial charge in [0.1, 0.15) is 5.60 Å². The summed E-state index contributed by atoms with van der Waals surface area (Å²) >= 11 is 0. The smallest absolute Gasteiger partial charge is 0.310 e. The molecule has 0 aliphatic heterocycles. The Morgan fingerprint density at radius 1 is 0.867 bits per heavy atom. The van der Waals surface area contributed by atoms with Crippen LogP contribution in [-0.4, -0.2) is 41.4 Å². The van der Waals surface area contributed by atoms with E-state index in [9.17, 15) is 9.90 Å². The third-order valence-electron chi connectivity index (χ3n) is 6.28. The average molecular weight is 428 g/mol. The van der Waals surface area contributed by atoms with E-state index in [0.717, 1.165) is 12.8 Å². The maximum atomic E-state index is 12.8. The Balaban J connectivity index is 4.30. The molecule has 0 aromatic rings. The van der Waals surface area contributed by atoms with Crippen molar-refractivity contribution in [2.24, 2.45) is 11.8 Å². The van der Waals surface area contributed by atoms with Gasteiger partial charge in [0, 0.05) is 6.42 Å². The summed E-state index contributed by atoms with van der Waals surface area (Å²) in [6.07, 6.45) is 15.8. The fraction of sp³-hybridized carbons (Fsp3) is 0.962. The van der Waals surface area contributed by atoms with Crippen LogP contribution in [0, 0.1) is 11.8 Å². The SMILES string of the molecule is CCCCCCCCCCCCCC(C)C(=O)OC(CC(C)C)(N(C)C)C(C)(C)O. The molecule has 0 rings (SSSR count). The molecule has 0 aliphatic rings. The van der Waals surface area contributed by atoms with Crippen molar-refractivity contribution >= 4 is 5.97 Å². The number of esters is 1. The van der Waals surface area contributed by atoms with Gasteiger partial charge in [-0.3, -0.25) is 9.69 Å². The zero-order chi connectivity index (χ0) is 23.2. The van der Waals surface area contributed by atoms with E-state index < -0.39 is 11.3 Å². The summed E-state index contributed by atoms with van der Waals surface area (Å²) in [7, 11) is 3.75. The topological polar surface area (TPSA) is 49.8 Å². The summed E-state index contributed by atoms with van der Waals surface area (Å²) < 4.78 is 6.02. The second-order valence-corrected chi connectivity index (χ2v) is 10.5. The van der Waals surface area contributed by atoms with Crippen LogP contribution in [0.2, 0.25) is 0 Å². The van der Waals surface area contributed by atoms with E-state index in [1.165, 1.54) is 64.2 Å². The van der Waals surface area contributed by atoms with E-state index in [-0.39, 0.29) is 11.9 Å². The van der Waals surface area contributed by atoms with E-state index in [0.29, 0.717) is 12.3 Å². The molecule has 180 valence electrons. The monoisotopic (exact) mass is 427 g/mol. The van der Waals surface area contributed by atoms with Crippen LogP contribution in [0.3, 0.4) is 0 Å². The molecule has 0 radical (unpaired) electrons. The van der Waals surface area contributed by atoms with Crippen LogP contribution in [0.15, 0.2) is 0 Å². The first-order valence-corrected chi connectivity index (χ1v) is 12.6. The molecule has 0 aromatic heterocycles. The molecule has 1 N–H and O–H groups in total. The standard InChI is InChI=1S/C26H53NO3/c1-9-10-11-12-13-14-15-16-17-18-19-20-23(4)24(28)30-26(27(7)8,21-22(2)3)25(5,6)29/h22-23,29H,9-21H2,1-8H3. The number of ether oxygens (including phenoxy) is 1. The predicted molar refractivity (Wildman–Crippen MR) is 129 cm³/mol. The molecule has 2 unspecified atom stereocenters. The summed E-state index contributed by atoms with van der Waals surface area (Å²) in [5.74, 6) is -0.0375. The number of rotatable bonds is 18. The Labute approximate surface area is 188 Å². The van der Waals surface area contributed by atoms with Crippen LogP contribution in [0.1, 0.15) is 125 Å². The molecular formula is C26H53NO3. The van der Waals surface area contributed by atoms with E-state index in [2.05, 4.69) is 20.8 Å². The van der Waals surface area contributed by atoms with Gasteiger partial charge in [-0.2, -0.15) is 0 Å². The van der Waals surface area contributed by atoms with Crippen molar-refractivity contribution in [2.75, 3.05) is 14.1 Å². The Morgan fingerprint density at radius 2 is 1.30 bits per heavy atom. The normalized spacial score (nSPS) is 15.4. The van der Waals surface area contributed by atoms with Gasteiger partial charge in [0.2, 0.25) is 0 Å². The van der Waals surface area contributed by atoms with E-state index in [4.69, 9.17) is 4.74 Å². The highest BCUT2D eigenvalue weighted by molar-refractivity contribution is 5.72. The zero-order valence-corrected chi connectivity index (χ0v) is 21.6. The molecule has 0 aliphatic carbocycles. The van der Waals surface area contributed by atoms with Gasteiger partial charge in [0.25, 0.3) is 0 Å². The van der Waals surface area contributed by atoms with Gasteiger partial charge in [-0.1, -0.05) is 98.3 Å². The van der Waals surface area contributed by atoms with Gasteiger partial charge in [0.15, 0.2) is 5.72 Å². The van der Waals surface area contributed by atoms with Crippen LogP contribution < -0.4 is 0 Å².